The molecule has 2 aromatic carbocycles. The Balaban J connectivity index is 0.955. The minimum atomic E-state index is -0.0560. The van der Waals surface area contributed by atoms with E-state index in [1.807, 2.05) is 53.2 Å². The molecule has 5 fully saturated rings. The number of carbonyl (C=O) groups excluding carboxylic acids is 2. The van der Waals surface area contributed by atoms with E-state index in [4.69, 9.17) is 0 Å². The van der Waals surface area contributed by atoms with E-state index in [2.05, 4.69) is 26.9 Å². The van der Waals surface area contributed by atoms with E-state index in [1.54, 1.807) is 24.3 Å². The molecule has 8 nitrogen and oxygen atoms in total. The van der Waals surface area contributed by atoms with Gasteiger partial charge in [0.2, 0.25) is 0 Å². The summed E-state index contributed by atoms with van der Waals surface area (Å²) in [5.41, 5.74) is 2.58. The number of rotatable bonds is 5. The van der Waals surface area contributed by atoms with Gasteiger partial charge in [0, 0.05) is 50.9 Å². The summed E-state index contributed by atoms with van der Waals surface area (Å²) >= 11 is 0. The van der Waals surface area contributed by atoms with Gasteiger partial charge in [-0.05, 0) is 104 Å². The van der Waals surface area contributed by atoms with Gasteiger partial charge in [0.15, 0.2) is 11.5 Å². The first-order valence-electron chi connectivity index (χ1n) is 15.9. The fourth-order valence-corrected chi connectivity index (χ4v) is 8.67. The second-order valence-electron chi connectivity index (χ2n) is 13.5. The van der Waals surface area contributed by atoms with Crippen LogP contribution in [0.5, 0.6) is 5.75 Å². The van der Waals surface area contributed by atoms with Crippen LogP contribution in [-0.2, 0) is 0 Å². The molecule has 1 N–H and O–H groups in total. The van der Waals surface area contributed by atoms with Crippen molar-refractivity contribution < 1.29 is 14.7 Å². The van der Waals surface area contributed by atoms with Gasteiger partial charge in [-0.3, -0.25) is 9.59 Å². The minimum Gasteiger partial charge on any atom is -0.508 e. The fourth-order valence-electron chi connectivity index (χ4n) is 8.67. The lowest BCUT2D eigenvalue weighted by Gasteiger charge is -2.57. The van der Waals surface area contributed by atoms with Crippen molar-refractivity contribution in [2.24, 2.45) is 23.2 Å². The average Bonchev–Trinajstić information content (AvgIpc) is 3.02. The summed E-state index contributed by atoms with van der Waals surface area (Å²) < 4.78 is 0. The number of piperazine rings is 1. The van der Waals surface area contributed by atoms with Crippen molar-refractivity contribution in [3.63, 3.8) is 0 Å². The van der Waals surface area contributed by atoms with Gasteiger partial charge in [0.1, 0.15) is 5.75 Å². The Labute approximate surface area is 259 Å². The molecule has 1 aromatic heterocycles. The standard InChI is InChI=1S/C36H39N5O3/c1-39(24-36-21-26-17-27(22-36)19-28(18-26)23-36)35(44)32-11-12-33(38-37-32)40-13-15-41(16-14-40)34(43)31-8-3-2-6-29(31)10-9-25-5-4-7-30(42)20-25/h2-8,11-12,20,26-28,42H,13-19,21-24H2,1H3. The summed E-state index contributed by atoms with van der Waals surface area (Å²) in [6, 6.07) is 17.8. The summed E-state index contributed by atoms with van der Waals surface area (Å²) in [6.45, 7) is 3.15. The predicted molar refractivity (Wildman–Crippen MR) is 168 cm³/mol. The van der Waals surface area contributed by atoms with E-state index in [1.165, 1.54) is 38.5 Å². The highest BCUT2D eigenvalue weighted by Crippen LogP contribution is 2.60. The number of carbonyl (C=O) groups is 2. The zero-order chi connectivity index (χ0) is 30.3. The lowest BCUT2D eigenvalue weighted by atomic mass is 9.49. The lowest BCUT2D eigenvalue weighted by Crippen LogP contribution is -2.51. The van der Waals surface area contributed by atoms with Crippen LogP contribution < -0.4 is 4.90 Å². The van der Waals surface area contributed by atoms with Crippen molar-refractivity contribution in [2.45, 2.75) is 38.5 Å². The van der Waals surface area contributed by atoms with Crippen molar-refractivity contribution in [2.75, 3.05) is 44.7 Å². The number of hydrogen-bond donors (Lipinski definition) is 1. The van der Waals surface area contributed by atoms with Gasteiger partial charge >= 0.3 is 0 Å². The van der Waals surface area contributed by atoms with Gasteiger partial charge in [-0.1, -0.05) is 30.0 Å². The Bertz CT molecular complexity index is 1580. The molecular weight excluding hydrogens is 550 g/mol. The van der Waals surface area contributed by atoms with Crippen molar-refractivity contribution in [1.82, 2.24) is 20.0 Å². The summed E-state index contributed by atoms with van der Waals surface area (Å²) in [5, 5.41) is 18.5. The number of aromatic hydroxyl groups is 1. The van der Waals surface area contributed by atoms with Crippen molar-refractivity contribution in [3.8, 4) is 17.6 Å². The quantitative estimate of drug-likeness (QED) is 0.429. The van der Waals surface area contributed by atoms with Gasteiger partial charge in [0.05, 0.1) is 5.56 Å². The molecule has 4 saturated carbocycles. The van der Waals surface area contributed by atoms with Gasteiger partial charge in [-0.25, -0.2) is 0 Å². The zero-order valence-electron chi connectivity index (χ0n) is 25.3. The predicted octanol–water partition coefficient (Wildman–Crippen LogP) is 4.83. The normalized spacial score (nSPS) is 25.3. The van der Waals surface area contributed by atoms with Crippen molar-refractivity contribution in [3.05, 3.63) is 83.0 Å². The smallest absolute Gasteiger partial charge is 0.274 e. The molecule has 0 radical (unpaired) electrons. The Morgan fingerprint density at radius 2 is 1.59 bits per heavy atom. The highest BCUT2D eigenvalue weighted by molar-refractivity contribution is 5.97. The topological polar surface area (TPSA) is 89.9 Å². The molecule has 2 heterocycles. The monoisotopic (exact) mass is 589 g/mol. The first kappa shape index (κ1) is 28.4. The van der Waals surface area contributed by atoms with Crippen LogP contribution in [0.15, 0.2) is 60.7 Å². The second kappa shape index (κ2) is 11.6. The molecule has 5 aliphatic rings. The van der Waals surface area contributed by atoms with E-state index in [-0.39, 0.29) is 17.6 Å². The molecule has 0 spiro atoms. The number of nitrogens with zero attached hydrogens (tertiary/aromatic N) is 5. The van der Waals surface area contributed by atoms with E-state index >= 15 is 0 Å². The van der Waals surface area contributed by atoms with Crippen LogP contribution in [0.4, 0.5) is 5.82 Å². The number of phenols is 1. The van der Waals surface area contributed by atoms with Crippen LogP contribution in [0, 0.1) is 35.0 Å². The van der Waals surface area contributed by atoms with Crippen LogP contribution >= 0.6 is 0 Å². The molecule has 1 aliphatic heterocycles. The molecule has 4 aliphatic carbocycles. The Kier molecular flexibility index (Phi) is 7.49. The van der Waals surface area contributed by atoms with Gasteiger partial charge in [-0.15, -0.1) is 10.2 Å². The molecule has 0 unspecified atom stereocenters. The van der Waals surface area contributed by atoms with Crippen LogP contribution in [0.3, 0.4) is 0 Å². The first-order chi connectivity index (χ1) is 21.3. The maximum absolute atomic E-state index is 13.5. The van der Waals surface area contributed by atoms with E-state index in [9.17, 15) is 14.7 Å². The van der Waals surface area contributed by atoms with E-state index < -0.39 is 0 Å². The van der Waals surface area contributed by atoms with Gasteiger partial charge in [-0.2, -0.15) is 0 Å². The molecule has 8 rings (SSSR count). The maximum Gasteiger partial charge on any atom is 0.274 e. The molecule has 0 atom stereocenters. The van der Waals surface area contributed by atoms with Gasteiger partial charge in [0.25, 0.3) is 11.8 Å². The van der Waals surface area contributed by atoms with E-state index in [0.29, 0.717) is 54.0 Å². The largest absolute Gasteiger partial charge is 0.508 e. The average molecular weight is 590 g/mol. The number of hydrogen-bond acceptors (Lipinski definition) is 6. The van der Waals surface area contributed by atoms with Crippen LogP contribution in [0.2, 0.25) is 0 Å². The van der Waals surface area contributed by atoms with Crippen LogP contribution in [0.25, 0.3) is 0 Å². The van der Waals surface area contributed by atoms with Crippen LogP contribution in [0.1, 0.15) is 70.5 Å². The second-order valence-corrected chi connectivity index (χ2v) is 13.5. The fraction of sp³-hybridized carbons (Fsp3) is 0.444. The third-order valence-corrected chi connectivity index (χ3v) is 10.2. The molecule has 3 aromatic rings. The summed E-state index contributed by atoms with van der Waals surface area (Å²) in [6.07, 6.45) is 8.01. The van der Waals surface area contributed by atoms with Gasteiger partial charge < -0.3 is 19.8 Å². The number of amides is 2. The van der Waals surface area contributed by atoms with Crippen LogP contribution in [-0.4, -0.2) is 76.7 Å². The third-order valence-electron chi connectivity index (χ3n) is 10.2. The molecular formula is C36H39N5O3. The molecule has 44 heavy (non-hydrogen) atoms. The van der Waals surface area contributed by atoms with E-state index in [0.717, 1.165) is 30.1 Å². The Morgan fingerprint density at radius 1 is 0.886 bits per heavy atom. The van der Waals surface area contributed by atoms with Crippen molar-refractivity contribution >= 4 is 17.6 Å². The highest BCUT2D eigenvalue weighted by atomic mass is 16.3. The minimum absolute atomic E-state index is 0.0546. The number of aromatic nitrogens is 2. The summed E-state index contributed by atoms with van der Waals surface area (Å²) in [4.78, 5) is 32.6. The number of anilines is 1. The first-order valence-corrected chi connectivity index (χ1v) is 15.9. The maximum atomic E-state index is 13.5. The molecule has 4 bridgehead atoms. The Hall–Kier alpha value is -4.38. The lowest BCUT2D eigenvalue weighted by molar-refractivity contribution is -0.0629. The highest BCUT2D eigenvalue weighted by Gasteiger charge is 2.51. The molecule has 1 saturated heterocycles. The zero-order valence-corrected chi connectivity index (χ0v) is 25.3. The number of phenolic OH excluding ortho intramolecular Hbond substituents is 1. The molecule has 2 amide bonds. The number of benzene rings is 2. The molecule has 8 heteroatoms. The third kappa shape index (κ3) is 5.76. The van der Waals surface area contributed by atoms with Crippen molar-refractivity contribution in [1.29, 1.82) is 0 Å². The SMILES string of the molecule is CN(CC12CC3CC(CC(C3)C1)C2)C(=O)c1ccc(N2CCN(C(=O)c3ccccc3C#Cc3cccc(O)c3)CC2)nn1. The Morgan fingerprint density at radius 3 is 2.25 bits per heavy atom. The molecule has 226 valence electrons. The summed E-state index contributed by atoms with van der Waals surface area (Å²) in [5.74, 6) is 9.50. The summed E-state index contributed by atoms with van der Waals surface area (Å²) in [7, 11) is 1.92.